The highest BCUT2D eigenvalue weighted by Crippen LogP contribution is 2.36. The molecule has 0 radical (unpaired) electrons. The lowest BCUT2D eigenvalue weighted by atomic mass is 10.0. The molecule has 0 spiro atoms. The van der Waals surface area contributed by atoms with Crippen molar-refractivity contribution >= 4 is 5.91 Å². The van der Waals surface area contributed by atoms with Crippen molar-refractivity contribution in [3.05, 3.63) is 40.8 Å². The van der Waals surface area contributed by atoms with Crippen LogP contribution >= 0.6 is 0 Å². The fourth-order valence-corrected chi connectivity index (χ4v) is 3.60. The fraction of sp³-hybridized carbons (Fsp3) is 0.474. The van der Waals surface area contributed by atoms with Gasteiger partial charge in [0.15, 0.2) is 11.5 Å². The zero-order valence-electron chi connectivity index (χ0n) is 15.2. The molecule has 2 heterocycles. The van der Waals surface area contributed by atoms with E-state index in [-0.39, 0.29) is 11.9 Å². The lowest BCUT2D eigenvalue weighted by Gasteiger charge is -2.25. The van der Waals surface area contributed by atoms with Crippen LogP contribution in [0.4, 0.5) is 0 Å². The van der Waals surface area contributed by atoms with E-state index in [4.69, 9.17) is 14.0 Å². The van der Waals surface area contributed by atoms with Crippen molar-refractivity contribution in [2.75, 3.05) is 20.8 Å². The third-order valence-corrected chi connectivity index (χ3v) is 4.80. The first-order valence-corrected chi connectivity index (χ1v) is 8.48. The second-order valence-corrected chi connectivity index (χ2v) is 6.35. The molecule has 1 aliphatic rings. The largest absolute Gasteiger partial charge is 0.493 e. The van der Waals surface area contributed by atoms with Crippen LogP contribution in [0.25, 0.3) is 0 Å². The van der Waals surface area contributed by atoms with E-state index in [1.807, 2.05) is 36.9 Å². The van der Waals surface area contributed by atoms with Crippen molar-refractivity contribution in [3.63, 3.8) is 0 Å². The lowest BCUT2D eigenvalue weighted by molar-refractivity contribution is -0.131. The number of hydrogen-bond donors (Lipinski definition) is 0. The molecule has 0 N–H and O–H groups in total. The van der Waals surface area contributed by atoms with Gasteiger partial charge in [-0.2, -0.15) is 0 Å². The number of carbonyl (C=O) groups excluding carboxylic acids is 1. The third-order valence-electron chi connectivity index (χ3n) is 4.80. The molecule has 0 unspecified atom stereocenters. The second kappa shape index (κ2) is 7.17. The fourth-order valence-electron chi connectivity index (χ4n) is 3.60. The Morgan fingerprint density at radius 2 is 2.04 bits per heavy atom. The Bertz CT molecular complexity index is 749. The van der Waals surface area contributed by atoms with Gasteiger partial charge in [-0.15, -0.1) is 0 Å². The van der Waals surface area contributed by atoms with Crippen LogP contribution in [0.1, 0.15) is 41.5 Å². The molecule has 1 aliphatic heterocycles. The SMILES string of the molecule is COc1ccc(CC(=O)N2CCC[C@@H]2c2c(C)noc2C)cc1OC. The average Bonchev–Trinajstić information content (AvgIpc) is 3.21. The van der Waals surface area contributed by atoms with Gasteiger partial charge in [-0.05, 0) is 44.4 Å². The van der Waals surface area contributed by atoms with Gasteiger partial charge in [0.25, 0.3) is 0 Å². The third kappa shape index (κ3) is 3.34. The highest BCUT2D eigenvalue weighted by molar-refractivity contribution is 5.80. The highest BCUT2D eigenvalue weighted by Gasteiger charge is 2.33. The maximum Gasteiger partial charge on any atom is 0.227 e. The van der Waals surface area contributed by atoms with Crippen LogP contribution in [-0.2, 0) is 11.2 Å². The summed E-state index contributed by atoms with van der Waals surface area (Å²) in [7, 11) is 3.19. The molecule has 0 aliphatic carbocycles. The molecule has 3 rings (SSSR count). The summed E-state index contributed by atoms with van der Waals surface area (Å²) in [4.78, 5) is 14.8. The predicted octanol–water partition coefficient (Wildman–Crippen LogP) is 3.21. The number of amides is 1. The van der Waals surface area contributed by atoms with Crippen molar-refractivity contribution in [1.29, 1.82) is 0 Å². The Labute approximate surface area is 147 Å². The van der Waals surface area contributed by atoms with Crippen molar-refractivity contribution in [2.45, 2.75) is 39.2 Å². The van der Waals surface area contributed by atoms with Crippen LogP contribution in [0, 0.1) is 13.8 Å². The number of aryl methyl sites for hydroxylation is 2. The Morgan fingerprint density at radius 1 is 1.28 bits per heavy atom. The number of nitrogens with zero attached hydrogens (tertiary/aromatic N) is 2. The summed E-state index contributed by atoms with van der Waals surface area (Å²) >= 11 is 0. The number of benzene rings is 1. The molecule has 6 nitrogen and oxygen atoms in total. The van der Waals surface area contributed by atoms with E-state index in [0.717, 1.165) is 42.0 Å². The summed E-state index contributed by atoms with van der Waals surface area (Å²) in [6, 6.07) is 5.65. The van der Waals surface area contributed by atoms with E-state index >= 15 is 0 Å². The minimum Gasteiger partial charge on any atom is -0.493 e. The first-order chi connectivity index (χ1) is 12.0. The molecule has 134 valence electrons. The monoisotopic (exact) mass is 344 g/mol. The van der Waals surface area contributed by atoms with Crippen molar-refractivity contribution in [1.82, 2.24) is 10.1 Å². The number of methoxy groups -OCH3 is 2. The van der Waals surface area contributed by atoms with Crippen LogP contribution < -0.4 is 9.47 Å². The molecule has 1 atom stereocenters. The molecule has 1 amide bonds. The number of aromatic nitrogens is 1. The normalized spacial score (nSPS) is 17.0. The molecule has 6 heteroatoms. The summed E-state index contributed by atoms with van der Waals surface area (Å²) < 4.78 is 15.9. The number of rotatable bonds is 5. The number of likely N-dealkylation sites (tertiary alicyclic amines) is 1. The van der Waals surface area contributed by atoms with Gasteiger partial charge in [0.1, 0.15) is 5.76 Å². The van der Waals surface area contributed by atoms with Gasteiger partial charge >= 0.3 is 0 Å². The molecule has 1 saturated heterocycles. The Hall–Kier alpha value is -2.50. The van der Waals surface area contributed by atoms with Gasteiger partial charge in [0.05, 0.1) is 32.4 Å². The van der Waals surface area contributed by atoms with Crippen LogP contribution in [0.3, 0.4) is 0 Å². The lowest BCUT2D eigenvalue weighted by Crippen LogP contribution is -2.32. The molecular weight excluding hydrogens is 320 g/mol. The molecule has 0 saturated carbocycles. The van der Waals surface area contributed by atoms with Gasteiger partial charge in [-0.1, -0.05) is 11.2 Å². The highest BCUT2D eigenvalue weighted by atomic mass is 16.5. The number of carbonyl (C=O) groups is 1. The van der Waals surface area contributed by atoms with Crippen molar-refractivity contribution < 1.29 is 18.8 Å². The van der Waals surface area contributed by atoms with E-state index in [1.165, 1.54) is 0 Å². The van der Waals surface area contributed by atoms with Gasteiger partial charge in [-0.25, -0.2) is 0 Å². The maximum atomic E-state index is 12.9. The second-order valence-electron chi connectivity index (χ2n) is 6.35. The number of hydrogen-bond acceptors (Lipinski definition) is 5. The minimum absolute atomic E-state index is 0.0545. The Kier molecular flexibility index (Phi) is 4.97. The summed E-state index contributed by atoms with van der Waals surface area (Å²) in [5.74, 6) is 2.20. The zero-order chi connectivity index (χ0) is 18.0. The summed E-state index contributed by atoms with van der Waals surface area (Å²) in [6.45, 7) is 4.60. The van der Waals surface area contributed by atoms with Crippen LogP contribution in [0.15, 0.2) is 22.7 Å². The first kappa shape index (κ1) is 17.3. The van der Waals surface area contributed by atoms with Crippen LogP contribution in [0.2, 0.25) is 0 Å². The van der Waals surface area contributed by atoms with Gasteiger partial charge in [0.2, 0.25) is 5.91 Å². The smallest absolute Gasteiger partial charge is 0.227 e. The molecule has 2 aromatic rings. The Morgan fingerprint density at radius 3 is 2.68 bits per heavy atom. The van der Waals surface area contributed by atoms with Gasteiger partial charge < -0.3 is 18.9 Å². The molecule has 25 heavy (non-hydrogen) atoms. The van der Waals surface area contributed by atoms with Crippen molar-refractivity contribution in [3.8, 4) is 11.5 Å². The maximum absolute atomic E-state index is 12.9. The molecule has 1 aromatic carbocycles. The first-order valence-electron chi connectivity index (χ1n) is 8.48. The van der Waals surface area contributed by atoms with E-state index in [9.17, 15) is 4.79 Å². The van der Waals surface area contributed by atoms with Gasteiger partial charge in [-0.3, -0.25) is 4.79 Å². The van der Waals surface area contributed by atoms with E-state index in [0.29, 0.717) is 17.9 Å². The average molecular weight is 344 g/mol. The standard InChI is InChI=1S/C19H24N2O4/c1-12-19(13(2)25-20-12)15-6-5-9-21(15)18(22)11-14-7-8-16(23-3)17(10-14)24-4/h7-8,10,15H,5-6,9,11H2,1-4H3/t15-/m1/s1. The topological polar surface area (TPSA) is 64.8 Å². The summed E-state index contributed by atoms with van der Waals surface area (Å²) in [5, 5.41) is 4.04. The quantitative estimate of drug-likeness (QED) is 0.833. The Balaban J connectivity index is 1.79. The van der Waals surface area contributed by atoms with E-state index in [2.05, 4.69) is 5.16 Å². The number of ether oxygens (including phenoxy) is 2. The summed E-state index contributed by atoms with van der Waals surface area (Å²) in [5.41, 5.74) is 2.83. The molecule has 0 bridgehead atoms. The molecular formula is C19H24N2O4. The van der Waals surface area contributed by atoms with Crippen LogP contribution in [-0.4, -0.2) is 36.7 Å². The summed E-state index contributed by atoms with van der Waals surface area (Å²) in [6.07, 6.45) is 2.27. The van der Waals surface area contributed by atoms with Crippen LogP contribution in [0.5, 0.6) is 11.5 Å². The van der Waals surface area contributed by atoms with Crippen molar-refractivity contribution in [2.24, 2.45) is 0 Å². The minimum atomic E-state index is 0.0545. The zero-order valence-corrected chi connectivity index (χ0v) is 15.2. The van der Waals surface area contributed by atoms with Gasteiger partial charge in [0, 0.05) is 12.1 Å². The van der Waals surface area contributed by atoms with E-state index in [1.54, 1.807) is 14.2 Å². The predicted molar refractivity (Wildman–Crippen MR) is 92.9 cm³/mol. The molecule has 1 fully saturated rings. The van der Waals surface area contributed by atoms with E-state index < -0.39 is 0 Å². The molecule has 1 aromatic heterocycles.